The molecule has 7 heteroatoms. The fourth-order valence-corrected chi connectivity index (χ4v) is 3.51. The quantitative estimate of drug-likeness (QED) is 0.410. The summed E-state index contributed by atoms with van der Waals surface area (Å²) in [6, 6.07) is 5.38. The van der Waals surface area contributed by atoms with E-state index in [2.05, 4.69) is 0 Å². The summed E-state index contributed by atoms with van der Waals surface area (Å²) in [5.74, 6) is 1.57. The number of aromatic hydroxyl groups is 1. The van der Waals surface area contributed by atoms with Crippen LogP contribution in [0.3, 0.4) is 0 Å². The molecule has 0 spiro atoms. The van der Waals surface area contributed by atoms with Crippen molar-refractivity contribution in [3.05, 3.63) is 52.6 Å². The van der Waals surface area contributed by atoms with Crippen LogP contribution in [0.4, 0.5) is 0 Å². The number of carbonyl (C=O) groups excluding carboxylic acids is 1. The van der Waals surface area contributed by atoms with Crippen molar-refractivity contribution in [2.24, 2.45) is 0 Å². The second kappa shape index (κ2) is 8.26. The third-order valence-corrected chi connectivity index (χ3v) is 4.99. The number of methoxy groups -OCH3 is 1. The van der Waals surface area contributed by atoms with Crippen molar-refractivity contribution < 1.29 is 33.6 Å². The normalized spacial score (nSPS) is 15.9. The Hall–Kier alpha value is -3.61. The van der Waals surface area contributed by atoms with Gasteiger partial charge in [-0.25, -0.2) is 0 Å². The Morgan fingerprint density at radius 2 is 1.94 bits per heavy atom. The summed E-state index contributed by atoms with van der Waals surface area (Å²) < 4.78 is 27.6. The molecule has 0 bridgehead atoms. The van der Waals surface area contributed by atoms with Gasteiger partial charge in [0, 0.05) is 12.5 Å². The van der Waals surface area contributed by atoms with E-state index >= 15 is 0 Å². The first-order chi connectivity index (χ1) is 14.9. The van der Waals surface area contributed by atoms with E-state index < -0.39 is 12.1 Å². The number of hydrogen-bond donors (Lipinski definition) is 1. The first-order valence-corrected chi connectivity index (χ1v) is 9.93. The van der Waals surface area contributed by atoms with E-state index in [1.165, 1.54) is 13.2 Å². The maximum Gasteiger partial charge on any atom is 0.239 e. The molecule has 162 valence electrons. The molecule has 2 aliphatic rings. The van der Waals surface area contributed by atoms with Gasteiger partial charge in [0.15, 0.2) is 28.8 Å². The minimum atomic E-state index is -0.605. The van der Waals surface area contributed by atoms with Gasteiger partial charge in [-0.2, -0.15) is 0 Å². The molecule has 2 aromatic rings. The van der Waals surface area contributed by atoms with Crippen molar-refractivity contribution in [2.75, 3.05) is 13.9 Å². The summed E-state index contributed by atoms with van der Waals surface area (Å²) in [5, 5.41) is 11.0. The minimum Gasteiger partial charge on any atom is -0.507 e. The number of carbonyl (C=O) groups is 1. The summed E-state index contributed by atoms with van der Waals surface area (Å²) in [6.07, 6.45) is 4.76. The number of phenolic OH excluding ortho intramolecular Hbond substituents is 1. The molecule has 0 saturated carbocycles. The Morgan fingerprint density at radius 3 is 2.68 bits per heavy atom. The molecular formula is C24H24O7. The van der Waals surface area contributed by atoms with E-state index in [-0.39, 0.29) is 23.9 Å². The van der Waals surface area contributed by atoms with Crippen molar-refractivity contribution in [3.8, 4) is 34.5 Å². The molecule has 0 aliphatic carbocycles. The van der Waals surface area contributed by atoms with Gasteiger partial charge in [-0.3, -0.25) is 4.79 Å². The van der Waals surface area contributed by atoms with Gasteiger partial charge < -0.3 is 28.8 Å². The zero-order valence-electron chi connectivity index (χ0n) is 17.9. The van der Waals surface area contributed by atoms with Gasteiger partial charge in [0.1, 0.15) is 11.3 Å². The van der Waals surface area contributed by atoms with Gasteiger partial charge in [0.2, 0.25) is 18.8 Å². The predicted octanol–water partition coefficient (Wildman–Crippen LogP) is 4.65. The van der Waals surface area contributed by atoms with E-state index in [9.17, 15) is 9.90 Å². The van der Waals surface area contributed by atoms with Crippen LogP contribution < -0.4 is 23.7 Å². The topological polar surface area (TPSA) is 83.5 Å². The van der Waals surface area contributed by atoms with Gasteiger partial charge in [0.05, 0.1) is 7.11 Å². The summed E-state index contributed by atoms with van der Waals surface area (Å²) in [6.45, 7) is 5.80. The van der Waals surface area contributed by atoms with E-state index in [1.807, 2.05) is 26.0 Å². The third kappa shape index (κ3) is 3.91. The number of ether oxygens (including phenoxy) is 5. The standard InChI is InChI=1S/C24H24O7/c1-13(2)5-8-16-21(26)20(23-24(22(16)27-4)31-14(3)30-23)17(25)9-6-15-7-10-18-19(11-15)29-12-28-18/h5-7,9-11,14,26H,8,12H2,1-4H3/b9-6+. The molecule has 1 atom stereocenters. The number of hydrogen-bond acceptors (Lipinski definition) is 7. The lowest BCUT2D eigenvalue weighted by molar-refractivity contribution is 0.0657. The molecule has 7 nitrogen and oxygen atoms in total. The monoisotopic (exact) mass is 424 g/mol. The smallest absolute Gasteiger partial charge is 0.239 e. The van der Waals surface area contributed by atoms with Crippen molar-refractivity contribution in [2.45, 2.75) is 33.5 Å². The van der Waals surface area contributed by atoms with E-state index in [4.69, 9.17) is 23.7 Å². The highest BCUT2D eigenvalue weighted by molar-refractivity contribution is 6.12. The minimum absolute atomic E-state index is 0.0503. The number of phenols is 1. The maximum absolute atomic E-state index is 13.1. The molecule has 0 amide bonds. The first kappa shape index (κ1) is 20.7. The van der Waals surface area contributed by atoms with Gasteiger partial charge in [-0.05, 0) is 44.0 Å². The van der Waals surface area contributed by atoms with Crippen LogP contribution in [0, 0.1) is 0 Å². The Labute approximate surface area is 180 Å². The van der Waals surface area contributed by atoms with Crippen molar-refractivity contribution in [1.82, 2.24) is 0 Å². The number of fused-ring (bicyclic) bond motifs is 2. The van der Waals surface area contributed by atoms with Crippen LogP contribution in [0.15, 0.2) is 35.9 Å². The lowest BCUT2D eigenvalue weighted by atomic mass is 9.98. The molecule has 0 aromatic heterocycles. The van der Waals surface area contributed by atoms with Crippen molar-refractivity contribution >= 4 is 11.9 Å². The lowest BCUT2D eigenvalue weighted by Gasteiger charge is -2.15. The van der Waals surface area contributed by atoms with Crippen LogP contribution in [-0.4, -0.2) is 31.1 Å². The average molecular weight is 424 g/mol. The molecule has 1 unspecified atom stereocenters. The highest BCUT2D eigenvalue weighted by Gasteiger charge is 2.35. The fraction of sp³-hybridized carbons (Fsp3) is 0.292. The fourth-order valence-electron chi connectivity index (χ4n) is 3.51. The zero-order valence-corrected chi connectivity index (χ0v) is 17.9. The molecule has 0 fully saturated rings. The van der Waals surface area contributed by atoms with Gasteiger partial charge in [-0.15, -0.1) is 0 Å². The van der Waals surface area contributed by atoms with Crippen LogP contribution in [0.2, 0.25) is 0 Å². The SMILES string of the molecule is COc1c(CC=C(C)C)c(O)c(C(=O)/C=C/c2ccc3c(c2)OCO3)c2c1OC(C)O2. The zero-order chi connectivity index (χ0) is 22.1. The molecule has 0 saturated heterocycles. The average Bonchev–Trinajstić information content (AvgIpc) is 3.35. The number of allylic oxidation sites excluding steroid dienone is 3. The van der Waals surface area contributed by atoms with E-state index in [0.29, 0.717) is 35.0 Å². The van der Waals surface area contributed by atoms with Crippen LogP contribution in [0.1, 0.15) is 42.3 Å². The number of rotatable bonds is 6. The molecule has 31 heavy (non-hydrogen) atoms. The molecule has 2 aromatic carbocycles. The van der Waals surface area contributed by atoms with E-state index in [1.54, 1.807) is 25.1 Å². The van der Waals surface area contributed by atoms with Crippen molar-refractivity contribution in [1.29, 1.82) is 0 Å². The molecule has 2 heterocycles. The Kier molecular flexibility index (Phi) is 5.50. The van der Waals surface area contributed by atoms with Crippen LogP contribution in [-0.2, 0) is 6.42 Å². The summed E-state index contributed by atoms with van der Waals surface area (Å²) in [4.78, 5) is 13.1. The predicted molar refractivity (Wildman–Crippen MR) is 114 cm³/mol. The van der Waals surface area contributed by atoms with Crippen LogP contribution in [0.5, 0.6) is 34.5 Å². The molecule has 4 rings (SSSR count). The highest BCUT2D eigenvalue weighted by Crippen LogP contribution is 2.52. The largest absolute Gasteiger partial charge is 0.507 e. The Morgan fingerprint density at radius 1 is 1.19 bits per heavy atom. The van der Waals surface area contributed by atoms with Crippen LogP contribution in [0.25, 0.3) is 6.08 Å². The molecular weight excluding hydrogens is 400 g/mol. The van der Waals surface area contributed by atoms with Gasteiger partial charge >= 0.3 is 0 Å². The third-order valence-electron chi connectivity index (χ3n) is 4.99. The molecule has 0 radical (unpaired) electrons. The van der Waals surface area contributed by atoms with Crippen molar-refractivity contribution in [3.63, 3.8) is 0 Å². The lowest BCUT2D eigenvalue weighted by Crippen LogP contribution is -2.12. The summed E-state index contributed by atoms with van der Waals surface area (Å²) in [7, 11) is 1.49. The second-order valence-electron chi connectivity index (χ2n) is 7.49. The maximum atomic E-state index is 13.1. The Balaban J connectivity index is 1.74. The summed E-state index contributed by atoms with van der Waals surface area (Å²) in [5.41, 5.74) is 2.36. The molecule has 1 N–H and O–H groups in total. The van der Waals surface area contributed by atoms with Gasteiger partial charge in [0.25, 0.3) is 0 Å². The summed E-state index contributed by atoms with van der Waals surface area (Å²) >= 11 is 0. The highest BCUT2D eigenvalue weighted by atomic mass is 16.7. The Bertz CT molecular complexity index is 1090. The first-order valence-electron chi connectivity index (χ1n) is 9.93. The number of ketones is 1. The van der Waals surface area contributed by atoms with Gasteiger partial charge in [-0.1, -0.05) is 23.8 Å². The molecule has 2 aliphatic heterocycles. The number of benzene rings is 2. The second-order valence-corrected chi connectivity index (χ2v) is 7.49. The van der Waals surface area contributed by atoms with Crippen LogP contribution >= 0.6 is 0 Å². The van der Waals surface area contributed by atoms with E-state index in [0.717, 1.165) is 11.1 Å².